The third-order valence-electron chi connectivity index (χ3n) is 10.4. The van der Waals surface area contributed by atoms with Crippen molar-refractivity contribution in [1.82, 2.24) is 0 Å². The van der Waals surface area contributed by atoms with E-state index in [1.54, 1.807) is 0 Å². The van der Waals surface area contributed by atoms with Crippen molar-refractivity contribution >= 4 is 17.5 Å². The van der Waals surface area contributed by atoms with Gasteiger partial charge in [0.25, 0.3) is 0 Å². The summed E-state index contributed by atoms with van der Waals surface area (Å²) >= 11 is 0. The topological polar surface area (TPSA) is 60.4 Å². The number of carbonyl (C=O) groups is 3. The van der Waals surface area contributed by atoms with Crippen LogP contribution in [0.5, 0.6) is 0 Å². The van der Waals surface area contributed by atoms with Gasteiger partial charge in [0.2, 0.25) is 0 Å². The molecule has 0 amide bonds. The summed E-state index contributed by atoms with van der Waals surface area (Å²) in [6.07, 6.45) is 4.93. The molecule has 4 aliphatic rings. The Hall–Kier alpha value is -1.19. The molecule has 4 heteroatoms. The van der Waals surface area contributed by atoms with Crippen molar-refractivity contribution in [3.05, 3.63) is 0 Å². The van der Waals surface area contributed by atoms with Crippen LogP contribution in [0.3, 0.4) is 0 Å². The highest BCUT2D eigenvalue weighted by molar-refractivity contribution is 5.92. The Labute approximate surface area is 169 Å². The highest BCUT2D eigenvalue weighted by atomic mass is 16.5. The fraction of sp³-hybridized carbons (Fsp3) is 0.875. The van der Waals surface area contributed by atoms with Gasteiger partial charge in [-0.05, 0) is 54.8 Å². The van der Waals surface area contributed by atoms with E-state index in [0.29, 0.717) is 24.0 Å². The predicted octanol–water partition coefficient (Wildman–Crippen LogP) is 4.59. The van der Waals surface area contributed by atoms with Crippen molar-refractivity contribution in [1.29, 1.82) is 0 Å². The van der Waals surface area contributed by atoms with Gasteiger partial charge in [-0.1, -0.05) is 41.5 Å². The quantitative estimate of drug-likeness (QED) is 0.646. The lowest BCUT2D eigenvalue weighted by atomic mass is 9.70. The summed E-state index contributed by atoms with van der Waals surface area (Å²) in [4.78, 5) is 38.2. The second kappa shape index (κ2) is 5.92. The monoisotopic (exact) mass is 388 g/mol. The van der Waals surface area contributed by atoms with Crippen LogP contribution >= 0.6 is 0 Å². The molecule has 4 nitrogen and oxygen atoms in total. The Balaban J connectivity index is 1.32. The molecule has 0 radical (unpaired) electrons. The zero-order valence-corrected chi connectivity index (χ0v) is 18.4. The summed E-state index contributed by atoms with van der Waals surface area (Å²) < 4.78 is 5.57. The van der Waals surface area contributed by atoms with E-state index < -0.39 is 0 Å². The van der Waals surface area contributed by atoms with Crippen molar-refractivity contribution in [2.24, 2.45) is 45.3 Å². The van der Waals surface area contributed by atoms with E-state index in [-0.39, 0.29) is 58.3 Å². The van der Waals surface area contributed by atoms with Gasteiger partial charge in [0, 0.05) is 23.2 Å². The van der Waals surface area contributed by atoms with Gasteiger partial charge in [-0.15, -0.1) is 0 Å². The first-order valence-corrected chi connectivity index (χ1v) is 11.1. The fourth-order valence-corrected chi connectivity index (χ4v) is 7.60. The molecule has 4 fully saturated rings. The lowest BCUT2D eigenvalue weighted by molar-refractivity contribution is -0.148. The van der Waals surface area contributed by atoms with Crippen molar-refractivity contribution in [2.75, 3.05) is 6.61 Å². The normalized spacial score (nSPS) is 45.1. The smallest absolute Gasteiger partial charge is 0.305 e. The standard InChI is InChI=1S/C24H36O4/c1-21(2)16-9-11-23(21,5)19(26)14(16)7-8-18(25)28-13-15-17-10-12-24(6,20(15)27)22(17,3)4/h14-17H,7-13H2,1-6H3/t14-,15+,16+,17-,23-,24-/m1/s1. The number of rotatable bonds is 5. The maximum Gasteiger partial charge on any atom is 0.305 e. The zero-order chi connectivity index (χ0) is 20.7. The van der Waals surface area contributed by atoms with Crippen LogP contribution in [0, 0.1) is 45.3 Å². The maximum atomic E-state index is 12.9. The highest BCUT2D eigenvalue weighted by Gasteiger charge is 2.67. The van der Waals surface area contributed by atoms with Crippen LogP contribution < -0.4 is 0 Å². The van der Waals surface area contributed by atoms with Gasteiger partial charge in [-0.2, -0.15) is 0 Å². The molecule has 0 aromatic carbocycles. The van der Waals surface area contributed by atoms with E-state index in [2.05, 4.69) is 41.5 Å². The van der Waals surface area contributed by atoms with Crippen LogP contribution in [0.15, 0.2) is 0 Å². The molecule has 0 aromatic heterocycles. The van der Waals surface area contributed by atoms with E-state index in [1.807, 2.05) is 0 Å². The molecule has 156 valence electrons. The van der Waals surface area contributed by atoms with Crippen LogP contribution in [0.25, 0.3) is 0 Å². The Morgan fingerprint density at radius 1 is 0.857 bits per heavy atom. The molecule has 4 bridgehead atoms. The molecule has 6 atom stereocenters. The van der Waals surface area contributed by atoms with E-state index >= 15 is 0 Å². The van der Waals surface area contributed by atoms with Crippen molar-refractivity contribution in [2.45, 2.75) is 80.1 Å². The van der Waals surface area contributed by atoms with Crippen molar-refractivity contribution in [3.63, 3.8) is 0 Å². The molecular weight excluding hydrogens is 352 g/mol. The molecule has 0 unspecified atom stereocenters. The molecule has 4 saturated carbocycles. The van der Waals surface area contributed by atoms with Crippen LogP contribution in [-0.2, 0) is 19.1 Å². The fourth-order valence-electron chi connectivity index (χ4n) is 7.60. The molecule has 0 aromatic rings. The molecule has 0 saturated heterocycles. The van der Waals surface area contributed by atoms with Crippen LogP contribution in [0.1, 0.15) is 80.1 Å². The van der Waals surface area contributed by atoms with Crippen LogP contribution in [-0.4, -0.2) is 24.1 Å². The average molecular weight is 389 g/mol. The summed E-state index contributed by atoms with van der Waals surface area (Å²) in [6, 6.07) is 0. The lowest BCUT2D eigenvalue weighted by Crippen LogP contribution is -2.34. The predicted molar refractivity (Wildman–Crippen MR) is 106 cm³/mol. The third kappa shape index (κ3) is 2.26. The number of ketones is 2. The second-order valence-electron chi connectivity index (χ2n) is 11.6. The van der Waals surface area contributed by atoms with Crippen molar-refractivity contribution in [3.8, 4) is 0 Å². The first-order chi connectivity index (χ1) is 12.9. The Bertz CT molecular complexity index is 675. The number of ether oxygens (including phenoxy) is 1. The molecule has 4 aliphatic carbocycles. The molecule has 28 heavy (non-hydrogen) atoms. The minimum atomic E-state index is -0.273. The molecule has 0 N–H and O–H groups in total. The average Bonchev–Trinajstić information content (AvgIpc) is 3.10. The molecule has 0 heterocycles. The van der Waals surface area contributed by atoms with Gasteiger partial charge in [0.05, 0.1) is 5.92 Å². The Morgan fingerprint density at radius 3 is 1.75 bits per heavy atom. The van der Waals surface area contributed by atoms with Gasteiger partial charge in [-0.25, -0.2) is 0 Å². The number of Topliss-reactive ketones (excluding diaryl/α,β-unsaturated/α-hetero) is 2. The van der Waals surface area contributed by atoms with E-state index in [4.69, 9.17) is 4.74 Å². The number of fused-ring (bicyclic) bond motifs is 4. The molecule has 4 rings (SSSR count). The van der Waals surface area contributed by atoms with E-state index in [9.17, 15) is 14.4 Å². The van der Waals surface area contributed by atoms with Gasteiger partial charge in [0.1, 0.15) is 18.2 Å². The Morgan fingerprint density at radius 2 is 1.32 bits per heavy atom. The number of hydrogen-bond acceptors (Lipinski definition) is 4. The van der Waals surface area contributed by atoms with Gasteiger partial charge in [0.15, 0.2) is 0 Å². The van der Waals surface area contributed by atoms with E-state index in [1.165, 1.54) is 0 Å². The van der Waals surface area contributed by atoms with Crippen LogP contribution in [0.2, 0.25) is 0 Å². The summed E-state index contributed by atoms with van der Waals surface area (Å²) in [5, 5.41) is 0. The first kappa shape index (κ1) is 20.1. The van der Waals surface area contributed by atoms with Gasteiger partial charge in [-0.3, -0.25) is 14.4 Å². The minimum absolute atomic E-state index is 0.0109. The number of carbonyl (C=O) groups excluding carboxylic acids is 3. The summed E-state index contributed by atoms with van der Waals surface area (Å²) in [7, 11) is 0. The van der Waals surface area contributed by atoms with Gasteiger partial charge >= 0.3 is 5.97 Å². The number of hydrogen-bond donors (Lipinski definition) is 0. The SMILES string of the molecule is CC1(C)[C@@H]2CC[C@]1(C)C(=O)[C@H]2COC(=O)CC[C@H]1C(=O)[C@@]2(C)CC[C@@H]1C2(C)C. The van der Waals surface area contributed by atoms with Gasteiger partial charge < -0.3 is 4.74 Å². The molecular formula is C24H36O4. The Kier molecular flexibility index (Phi) is 4.25. The lowest BCUT2D eigenvalue weighted by Gasteiger charge is -2.32. The zero-order valence-electron chi connectivity index (χ0n) is 18.4. The second-order valence-corrected chi connectivity index (χ2v) is 11.6. The maximum absolute atomic E-state index is 12.9. The summed E-state index contributed by atoms with van der Waals surface area (Å²) in [5.41, 5.74) is -0.499. The van der Waals surface area contributed by atoms with Crippen LogP contribution in [0.4, 0.5) is 0 Å². The van der Waals surface area contributed by atoms with Crippen molar-refractivity contribution < 1.29 is 19.1 Å². The minimum Gasteiger partial charge on any atom is -0.465 e. The largest absolute Gasteiger partial charge is 0.465 e. The number of esters is 1. The third-order valence-corrected chi connectivity index (χ3v) is 10.4. The molecule has 0 aliphatic heterocycles. The summed E-state index contributed by atoms with van der Waals surface area (Å²) in [5.74, 6) is 0.899. The first-order valence-electron chi connectivity index (χ1n) is 11.1. The van der Waals surface area contributed by atoms with E-state index in [0.717, 1.165) is 25.7 Å². The highest BCUT2D eigenvalue weighted by Crippen LogP contribution is 2.67. The summed E-state index contributed by atoms with van der Waals surface area (Å²) in [6.45, 7) is 13.2. The molecule has 0 spiro atoms.